The van der Waals surface area contributed by atoms with Gasteiger partial charge in [-0.1, -0.05) is 40.4 Å². The Bertz CT molecular complexity index is 393. The molecule has 100 valence electrons. The summed E-state index contributed by atoms with van der Waals surface area (Å²) < 4.78 is 0. The molecule has 0 saturated heterocycles. The Morgan fingerprint density at radius 1 is 1.28 bits per heavy atom. The summed E-state index contributed by atoms with van der Waals surface area (Å²) in [5, 5.41) is 13.5. The first-order valence-corrected chi connectivity index (χ1v) is 7.41. The molecule has 0 saturated carbocycles. The summed E-state index contributed by atoms with van der Waals surface area (Å²) in [6, 6.07) is 5.04. The highest BCUT2D eigenvalue weighted by Gasteiger charge is 2.10. The molecular weight excluding hydrogens is 294 g/mol. The quantitative estimate of drug-likeness (QED) is 0.599. The third-order valence-corrected chi connectivity index (χ3v) is 3.30. The number of phenols is 1. The van der Waals surface area contributed by atoms with Crippen LogP contribution < -0.4 is 5.32 Å². The van der Waals surface area contributed by atoms with E-state index in [1.807, 2.05) is 6.92 Å². The molecule has 0 radical (unpaired) electrons. The molecule has 1 aromatic rings. The summed E-state index contributed by atoms with van der Waals surface area (Å²) in [5.74, 6) is -0.158. The fourth-order valence-electron chi connectivity index (χ4n) is 1.70. The van der Waals surface area contributed by atoms with Crippen molar-refractivity contribution in [2.45, 2.75) is 32.6 Å². The van der Waals surface area contributed by atoms with E-state index in [-0.39, 0.29) is 11.7 Å². The van der Waals surface area contributed by atoms with Crippen molar-refractivity contribution in [3.05, 3.63) is 29.3 Å². The Hall–Kier alpha value is -1.03. The molecule has 0 bridgehead atoms. The second-order valence-corrected chi connectivity index (χ2v) is 5.17. The smallest absolute Gasteiger partial charge is 0.255 e. The van der Waals surface area contributed by atoms with Crippen LogP contribution in [0.25, 0.3) is 0 Å². The molecule has 0 atom stereocenters. The summed E-state index contributed by atoms with van der Waals surface area (Å²) in [4.78, 5) is 11.8. The van der Waals surface area contributed by atoms with Gasteiger partial charge in [0.2, 0.25) is 0 Å². The minimum atomic E-state index is -0.198. The largest absolute Gasteiger partial charge is 0.507 e. The van der Waals surface area contributed by atoms with Crippen molar-refractivity contribution in [2.24, 2.45) is 0 Å². The number of aromatic hydroxyl groups is 1. The highest BCUT2D eigenvalue weighted by molar-refractivity contribution is 9.09. The first kappa shape index (κ1) is 15.0. The molecule has 1 aromatic carbocycles. The maximum absolute atomic E-state index is 11.8. The minimum Gasteiger partial charge on any atom is -0.507 e. The Morgan fingerprint density at radius 2 is 2.00 bits per heavy atom. The number of aryl methyl sites for hydroxylation is 1. The van der Waals surface area contributed by atoms with Crippen molar-refractivity contribution < 1.29 is 9.90 Å². The number of nitrogens with one attached hydrogen (secondary N) is 1. The van der Waals surface area contributed by atoms with E-state index in [0.29, 0.717) is 12.1 Å². The van der Waals surface area contributed by atoms with E-state index in [4.69, 9.17) is 0 Å². The van der Waals surface area contributed by atoms with Crippen molar-refractivity contribution in [1.82, 2.24) is 5.32 Å². The molecule has 2 N–H and O–H groups in total. The molecule has 0 fully saturated rings. The fourth-order valence-corrected chi connectivity index (χ4v) is 2.10. The van der Waals surface area contributed by atoms with Gasteiger partial charge in [0.05, 0.1) is 5.56 Å². The zero-order valence-corrected chi connectivity index (χ0v) is 12.3. The van der Waals surface area contributed by atoms with Gasteiger partial charge < -0.3 is 10.4 Å². The SMILES string of the molecule is Cc1ccc(O)c(C(=O)NCCCCCCBr)c1. The van der Waals surface area contributed by atoms with Crippen LogP contribution >= 0.6 is 15.9 Å². The van der Waals surface area contributed by atoms with Gasteiger partial charge >= 0.3 is 0 Å². The zero-order valence-electron chi connectivity index (χ0n) is 10.7. The lowest BCUT2D eigenvalue weighted by atomic mass is 10.1. The normalized spacial score (nSPS) is 10.3. The number of hydrogen-bond acceptors (Lipinski definition) is 2. The predicted molar refractivity (Wildman–Crippen MR) is 77.4 cm³/mol. The Balaban J connectivity index is 2.34. The number of phenolic OH excluding ortho intramolecular Hbond substituents is 1. The molecule has 3 nitrogen and oxygen atoms in total. The van der Waals surface area contributed by atoms with Crippen LogP contribution in [0.1, 0.15) is 41.6 Å². The third kappa shape index (κ3) is 5.08. The number of amides is 1. The van der Waals surface area contributed by atoms with Gasteiger partial charge in [0, 0.05) is 11.9 Å². The first-order valence-electron chi connectivity index (χ1n) is 6.29. The molecule has 0 aliphatic rings. The van der Waals surface area contributed by atoms with Gasteiger partial charge in [0.1, 0.15) is 5.75 Å². The van der Waals surface area contributed by atoms with Crippen LogP contribution in [-0.2, 0) is 0 Å². The summed E-state index contributed by atoms with van der Waals surface area (Å²) in [6.07, 6.45) is 4.44. The number of carbonyl (C=O) groups is 1. The highest BCUT2D eigenvalue weighted by Crippen LogP contribution is 2.17. The Labute approximate surface area is 117 Å². The van der Waals surface area contributed by atoms with Crippen molar-refractivity contribution in [3.63, 3.8) is 0 Å². The fraction of sp³-hybridized carbons (Fsp3) is 0.500. The molecule has 0 spiro atoms. The molecule has 1 rings (SSSR count). The van der Waals surface area contributed by atoms with Gasteiger partial charge in [0.25, 0.3) is 5.91 Å². The van der Waals surface area contributed by atoms with Gasteiger partial charge in [-0.05, 0) is 31.9 Å². The van der Waals surface area contributed by atoms with Gasteiger partial charge in [-0.15, -0.1) is 0 Å². The second kappa shape index (κ2) is 8.14. The molecule has 1 amide bonds. The third-order valence-electron chi connectivity index (χ3n) is 2.74. The number of benzene rings is 1. The highest BCUT2D eigenvalue weighted by atomic mass is 79.9. The van der Waals surface area contributed by atoms with Gasteiger partial charge in [0.15, 0.2) is 0 Å². The van der Waals surface area contributed by atoms with Gasteiger partial charge in [-0.2, -0.15) is 0 Å². The lowest BCUT2D eigenvalue weighted by Gasteiger charge is -2.07. The van der Waals surface area contributed by atoms with Crippen molar-refractivity contribution in [3.8, 4) is 5.75 Å². The monoisotopic (exact) mass is 313 g/mol. The van der Waals surface area contributed by atoms with Crippen LogP contribution in [-0.4, -0.2) is 22.9 Å². The van der Waals surface area contributed by atoms with Crippen LogP contribution in [0.3, 0.4) is 0 Å². The van der Waals surface area contributed by atoms with Gasteiger partial charge in [-0.25, -0.2) is 0 Å². The standard InChI is InChI=1S/C14H20BrNO2/c1-11-6-7-13(17)12(10-11)14(18)16-9-5-3-2-4-8-15/h6-7,10,17H,2-5,8-9H2,1H3,(H,16,18). The Morgan fingerprint density at radius 3 is 2.72 bits per heavy atom. The van der Waals surface area contributed by atoms with E-state index in [1.54, 1.807) is 18.2 Å². The summed E-state index contributed by atoms with van der Waals surface area (Å²) in [6.45, 7) is 2.56. The van der Waals surface area contributed by atoms with Crippen LogP contribution in [0.2, 0.25) is 0 Å². The zero-order chi connectivity index (χ0) is 13.4. The number of hydrogen-bond donors (Lipinski definition) is 2. The molecular formula is C14H20BrNO2. The second-order valence-electron chi connectivity index (χ2n) is 4.38. The van der Waals surface area contributed by atoms with Crippen molar-refractivity contribution in [2.75, 3.05) is 11.9 Å². The lowest BCUT2D eigenvalue weighted by molar-refractivity contribution is 0.0950. The molecule has 0 unspecified atom stereocenters. The average Bonchev–Trinajstić information content (AvgIpc) is 2.36. The topological polar surface area (TPSA) is 49.3 Å². The van der Waals surface area contributed by atoms with E-state index in [9.17, 15) is 9.90 Å². The summed E-state index contributed by atoms with van der Waals surface area (Å²) >= 11 is 3.39. The van der Waals surface area contributed by atoms with Crippen LogP contribution in [0, 0.1) is 6.92 Å². The molecule has 0 aliphatic heterocycles. The molecule has 0 aromatic heterocycles. The molecule has 0 aliphatic carbocycles. The van der Waals surface area contributed by atoms with Gasteiger partial charge in [-0.3, -0.25) is 4.79 Å². The number of carbonyl (C=O) groups excluding carboxylic acids is 1. The minimum absolute atomic E-state index is 0.0392. The molecule has 0 heterocycles. The first-order chi connectivity index (χ1) is 8.65. The molecule has 18 heavy (non-hydrogen) atoms. The number of alkyl halides is 1. The molecule has 4 heteroatoms. The predicted octanol–water partition coefficient (Wildman–Crippen LogP) is 3.39. The van der Waals surface area contributed by atoms with E-state index < -0.39 is 0 Å². The van der Waals surface area contributed by atoms with E-state index in [0.717, 1.165) is 23.7 Å². The van der Waals surface area contributed by atoms with E-state index in [1.165, 1.54) is 12.8 Å². The Kier molecular flexibility index (Phi) is 6.80. The maximum Gasteiger partial charge on any atom is 0.255 e. The van der Waals surface area contributed by atoms with E-state index >= 15 is 0 Å². The van der Waals surface area contributed by atoms with Crippen LogP contribution in [0.5, 0.6) is 5.75 Å². The number of unbranched alkanes of at least 4 members (excludes halogenated alkanes) is 3. The number of rotatable bonds is 7. The van der Waals surface area contributed by atoms with Crippen LogP contribution in [0.15, 0.2) is 18.2 Å². The van der Waals surface area contributed by atoms with Crippen molar-refractivity contribution in [1.29, 1.82) is 0 Å². The summed E-state index contributed by atoms with van der Waals surface area (Å²) in [7, 11) is 0. The van der Waals surface area contributed by atoms with E-state index in [2.05, 4.69) is 21.2 Å². The van der Waals surface area contributed by atoms with Crippen molar-refractivity contribution >= 4 is 21.8 Å². The maximum atomic E-state index is 11.8. The number of halogens is 1. The van der Waals surface area contributed by atoms with Crippen LogP contribution in [0.4, 0.5) is 0 Å². The summed E-state index contributed by atoms with van der Waals surface area (Å²) in [5.41, 5.74) is 1.32. The lowest BCUT2D eigenvalue weighted by Crippen LogP contribution is -2.24. The average molecular weight is 314 g/mol.